The van der Waals surface area contributed by atoms with Crippen LogP contribution in [0.2, 0.25) is 0 Å². The van der Waals surface area contributed by atoms with Crippen molar-refractivity contribution in [2.75, 3.05) is 18.0 Å². The fourth-order valence-electron chi connectivity index (χ4n) is 2.77. The van der Waals surface area contributed by atoms with Crippen molar-refractivity contribution in [1.29, 1.82) is 0 Å². The molecule has 0 bridgehead atoms. The van der Waals surface area contributed by atoms with E-state index in [0.717, 1.165) is 12.1 Å². The van der Waals surface area contributed by atoms with E-state index >= 15 is 0 Å². The van der Waals surface area contributed by atoms with Crippen molar-refractivity contribution >= 4 is 22.7 Å². The van der Waals surface area contributed by atoms with Crippen LogP contribution < -0.4 is 4.90 Å². The van der Waals surface area contributed by atoms with Crippen LogP contribution in [0.15, 0.2) is 42.5 Å². The lowest BCUT2D eigenvalue weighted by Gasteiger charge is -2.26. The third kappa shape index (κ3) is 5.18. The first-order valence-electron chi connectivity index (χ1n) is 8.13. The molecule has 0 aliphatic heterocycles. The SMILES string of the molecule is O=C(O)c1ccc(-c2nc3ccc(N(CC(F)(F)F)CC(F)(F)F)cc3[nH]2)cc1. The summed E-state index contributed by atoms with van der Waals surface area (Å²) in [5.41, 5.74) is 0.889. The topological polar surface area (TPSA) is 69.2 Å². The number of anilines is 1. The van der Waals surface area contributed by atoms with E-state index in [-0.39, 0.29) is 21.7 Å². The number of nitrogens with one attached hydrogen (secondary N) is 1. The zero-order valence-corrected chi connectivity index (χ0v) is 14.5. The van der Waals surface area contributed by atoms with Gasteiger partial charge in [0.2, 0.25) is 0 Å². The smallest absolute Gasteiger partial charge is 0.405 e. The molecule has 29 heavy (non-hydrogen) atoms. The molecule has 0 aliphatic carbocycles. The molecule has 1 heterocycles. The van der Waals surface area contributed by atoms with Gasteiger partial charge in [-0.3, -0.25) is 0 Å². The highest BCUT2D eigenvalue weighted by atomic mass is 19.4. The van der Waals surface area contributed by atoms with Crippen LogP contribution >= 0.6 is 0 Å². The van der Waals surface area contributed by atoms with Gasteiger partial charge in [0.25, 0.3) is 0 Å². The maximum atomic E-state index is 12.7. The number of nitrogens with zero attached hydrogens (tertiary/aromatic N) is 2. The summed E-state index contributed by atoms with van der Waals surface area (Å²) < 4.78 is 76.3. The molecule has 0 spiro atoms. The number of hydrogen-bond acceptors (Lipinski definition) is 3. The molecular formula is C18H13F6N3O2. The number of aromatic nitrogens is 2. The van der Waals surface area contributed by atoms with Crippen molar-refractivity contribution in [3.8, 4) is 11.4 Å². The van der Waals surface area contributed by atoms with E-state index in [4.69, 9.17) is 5.11 Å². The number of aromatic amines is 1. The molecule has 2 aromatic carbocycles. The van der Waals surface area contributed by atoms with E-state index < -0.39 is 31.4 Å². The number of carbonyl (C=O) groups is 1. The maximum absolute atomic E-state index is 12.7. The molecule has 3 rings (SSSR count). The lowest BCUT2D eigenvalue weighted by atomic mass is 10.1. The van der Waals surface area contributed by atoms with Gasteiger partial charge < -0.3 is 15.0 Å². The second-order valence-corrected chi connectivity index (χ2v) is 6.26. The lowest BCUT2D eigenvalue weighted by Crippen LogP contribution is -2.40. The van der Waals surface area contributed by atoms with Crippen molar-refractivity contribution < 1.29 is 36.2 Å². The van der Waals surface area contributed by atoms with Crippen molar-refractivity contribution in [2.45, 2.75) is 12.4 Å². The predicted molar refractivity (Wildman–Crippen MR) is 92.8 cm³/mol. The van der Waals surface area contributed by atoms with Crippen molar-refractivity contribution in [3.05, 3.63) is 48.0 Å². The number of fused-ring (bicyclic) bond motifs is 1. The third-order valence-electron chi connectivity index (χ3n) is 3.98. The summed E-state index contributed by atoms with van der Waals surface area (Å²) in [5.74, 6) is -0.812. The van der Waals surface area contributed by atoms with E-state index in [1.54, 1.807) is 0 Å². The van der Waals surface area contributed by atoms with Crippen molar-refractivity contribution in [1.82, 2.24) is 9.97 Å². The van der Waals surface area contributed by atoms with Crippen molar-refractivity contribution in [3.63, 3.8) is 0 Å². The van der Waals surface area contributed by atoms with Crippen LogP contribution in [-0.4, -0.2) is 46.5 Å². The summed E-state index contributed by atoms with van der Waals surface area (Å²) in [7, 11) is 0. The number of aromatic carboxylic acids is 1. The van der Waals surface area contributed by atoms with Gasteiger partial charge in [0.05, 0.1) is 16.6 Å². The van der Waals surface area contributed by atoms with Crippen molar-refractivity contribution in [2.24, 2.45) is 0 Å². The van der Waals surface area contributed by atoms with Gasteiger partial charge in [-0.25, -0.2) is 9.78 Å². The van der Waals surface area contributed by atoms with Crippen LogP contribution in [0.4, 0.5) is 32.0 Å². The number of hydrogen-bond donors (Lipinski definition) is 2. The molecule has 0 saturated heterocycles. The molecule has 3 aromatic rings. The first-order valence-corrected chi connectivity index (χ1v) is 8.13. The average molecular weight is 417 g/mol. The molecule has 0 saturated carbocycles. The van der Waals surface area contributed by atoms with Gasteiger partial charge in [0, 0.05) is 11.3 Å². The summed E-state index contributed by atoms with van der Waals surface area (Å²) >= 11 is 0. The molecule has 1 aromatic heterocycles. The Morgan fingerprint density at radius 3 is 2.07 bits per heavy atom. The fraction of sp³-hybridized carbons (Fsp3) is 0.222. The first kappa shape index (κ1) is 20.5. The molecule has 154 valence electrons. The molecule has 0 radical (unpaired) electrons. The summed E-state index contributed by atoms with van der Waals surface area (Å²) in [5, 5.41) is 8.92. The van der Waals surface area contributed by atoms with Crippen LogP contribution in [0.5, 0.6) is 0 Å². The second-order valence-electron chi connectivity index (χ2n) is 6.26. The highest BCUT2D eigenvalue weighted by molar-refractivity contribution is 5.88. The zero-order chi connectivity index (χ0) is 21.4. The van der Waals surface area contributed by atoms with Gasteiger partial charge in [0.1, 0.15) is 18.9 Å². The van der Waals surface area contributed by atoms with Gasteiger partial charge in [-0.1, -0.05) is 12.1 Å². The normalized spacial score (nSPS) is 12.3. The molecule has 0 aliphatic rings. The van der Waals surface area contributed by atoms with E-state index in [2.05, 4.69) is 9.97 Å². The van der Waals surface area contributed by atoms with Gasteiger partial charge in [0.15, 0.2) is 0 Å². The molecule has 2 N–H and O–H groups in total. The van der Waals surface area contributed by atoms with Crippen LogP contribution in [0.1, 0.15) is 10.4 Å². The van der Waals surface area contributed by atoms with E-state index in [0.29, 0.717) is 16.9 Å². The monoisotopic (exact) mass is 417 g/mol. The highest BCUT2D eigenvalue weighted by Gasteiger charge is 2.37. The highest BCUT2D eigenvalue weighted by Crippen LogP contribution is 2.29. The first-order chi connectivity index (χ1) is 13.4. The Bertz CT molecular complexity index is 1010. The summed E-state index contributed by atoms with van der Waals surface area (Å²) in [6.07, 6.45) is -9.63. The van der Waals surface area contributed by atoms with Gasteiger partial charge >= 0.3 is 18.3 Å². The minimum atomic E-state index is -4.81. The van der Waals surface area contributed by atoms with Gasteiger partial charge in [-0.15, -0.1) is 0 Å². The molecule has 11 heteroatoms. The number of H-pyrrole nitrogens is 1. The largest absolute Gasteiger partial charge is 0.478 e. The standard InChI is InChI=1S/C18H13F6N3O2/c19-17(20,21)8-27(9-18(22,23)24)12-5-6-13-14(7-12)26-15(25-13)10-1-3-11(4-2-10)16(28)29/h1-7H,8-9H2,(H,25,26)(H,28,29). The lowest BCUT2D eigenvalue weighted by molar-refractivity contribution is -0.137. The fourth-order valence-corrected chi connectivity index (χ4v) is 2.77. The summed E-state index contributed by atoms with van der Waals surface area (Å²) in [6, 6.07) is 9.29. The van der Waals surface area contributed by atoms with Gasteiger partial charge in [-0.05, 0) is 30.3 Å². The zero-order valence-electron chi connectivity index (χ0n) is 14.5. The number of alkyl halides is 6. The Hall–Kier alpha value is -3.24. The number of rotatable bonds is 5. The quantitative estimate of drug-likeness (QED) is 0.582. The van der Waals surface area contributed by atoms with Crippen LogP contribution in [0, 0.1) is 0 Å². The molecular weight excluding hydrogens is 404 g/mol. The number of benzene rings is 2. The minimum Gasteiger partial charge on any atom is -0.478 e. The Balaban J connectivity index is 1.95. The molecule has 0 amide bonds. The molecule has 0 fully saturated rings. The van der Waals surface area contributed by atoms with Gasteiger partial charge in [-0.2, -0.15) is 26.3 Å². The van der Waals surface area contributed by atoms with Crippen LogP contribution in [0.3, 0.4) is 0 Å². The molecule has 0 unspecified atom stereocenters. The summed E-state index contributed by atoms with van der Waals surface area (Å²) in [4.78, 5) is 18.2. The maximum Gasteiger partial charge on any atom is 0.405 e. The Kier molecular flexibility index (Phi) is 5.16. The second kappa shape index (κ2) is 7.30. The average Bonchev–Trinajstić information content (AvgIpc) is 3.02. The Morgan fingerprint density at radius 1 is 0.966 bits per heavy atom. The predicted octanol–water partition coefficient (Wildman–Crippen LogP) is 4.86. The van der Waals surface area contributed by atoms with Crippen LogP contribution in [0.25, 0.3) is 22.4 Å². The molecule has 5 nitrogen and oxygen atoms in total. The minimum absolute atomic E-state index is 0.0575. The Labute approximate surface area is 159 Å². The van der Waals surface area contributed by atoms with E-state index in [9.17, 15) is 31.1 Å². The number of imidazole rings is 1. The van der Waals surface area contributed by atoms with Crippen LogP contribution in [-0.2, 0) is 0 Å². The Morgan fingerprint density at radius 2 is 1.55 bits per heavy atom. The number of carboxylic acids is 1. The summed E-state index contributed by atoms with van der Waals surface area (Å²) in [6.45, 7) is -3.51. The molecule has 0 atom stereocenters. The third-order valence-corrected chi connectivity index (χ3v) is 3.98. The number of carboxylic acid groups (broad SMARTS) is 1. The number of halogens is 6. The van der Waals surface area contributed by atoms with E-state index in [1.807, 2.05) is 0 Å². The van der Waals surface area contributed by atoms with E-state index in [1.165, 1.54) is 30.3 Å².